The van der Waals surface area contributed by atoms with Gasteiger partial charge in [0.2, 0.25) is 5.69 Å². The van der Waals surface area contributed by atoms with Crippen LogP contribution < -0.4 is 14.8 Å². The minimum absolute atomic E-state index is 0.125. The van der Waals surface area contributed by atoms with Crippen LogP contribution in [0.3, 0.4) is 0 Å². The summed E-state index contributed by atoms with van der Waals surface area (Å²) in [7, 11) is 1.55. The number of carbonyl (C=O) groups excluding carboxylic acids is 1. The average Bonchev–Trinajstić information content (AvgIpc) is 3.10. The highest BCUT2D eigenvalue weighted by atomic mass is 35.5. The van der Waals surface area contributed by atoms with Gasteiger partial charge in [0.25, 0.3) is 5.91 Å². The molecule has 8 heteroatoms. The van der Waals surface area contributed by atoms with Gasteiger partial charge in [0, 0.05) is 22.5 Å². The maximum absolute atomic E-state index is 12.3. The predicted molar refractivity (Wildman–Crippen MR) is 95.7 cm³/mol. The van der Waals surface area contributed by atoms with Crippen molar-refractivity contribution in [3.8, 4) is 16.3 Å². The maximum atomic E-state index is 12.3. The van der Waals surface area contributed by atoms with Gasteiger partial charge in [-0.25, -0.2) is 4.98 Å². The predicted octanol–water partition coefficient (Wildman–Crippen LogP) is 3.04. The van der Waals surface area contributed by atoms with E-state index in [0.717, 1.165) is 5.56 Å². The van der Waals surface area contributed by atoms with Crippen molar-refractivity contribution in [3.05, 3.63) is 69.6 Å². The Bertz CT molecular complexity index is 914. The molecule has 25 heavy (non-hydrogen) atoms. The van der Waals surface area contributed by atoms with E-state index in [1.54, 1.807) is 48.9 Å². The third-order valence-corrected chi connectivity index (χ3v) is 4.58. The molecule has 0 aliphatic heterocycles. The first kappa shape index (κ1) is 17.2. The van der Waals surface area contributed by atoms with Gasteiger partial charge in [0.1, 0.15) is 23.0 Å². The van der Waals surface area contributed by atoms with Crippen molar-refractivity contribution in [1.29, 1.82) is 0 Å². The molecule has 1 N–H and O–H groups in total. The van der Waals surface area contributed by atoms with Crippen LogP contribution in [0.4, 0.5) is 0 Å². The first-order chi connectivity index (χ1) is 12.1. The van der Waals surface area contributed by atoms with E-state index < -0.39 is 0 Å². The van der Waals surface area contributed by atoms with Gasteiger partial charge < -0.3 is 15.3 Å². The van der Waals surface area contributed by atoms with E-state index in [9.17, 15) is 10.0 Å². The summed E-state index contributed by atoms with van der Waals surface area (Å²) in [6, 6.07) is 10.3. The lowest BCUT2D eigenvalue weighted by atomic mass is 10.2. The van der Waals surface area contributed by atoms with Gasteiger partial charge in [-0.3, -0.25) is 4.79 Å². The average molecular weight is 376 g/mol. The Morgan fingerprint density at radius 3 is 3.00 bits per heavy atom. The zero-order valence-electron chi connectivity index (χ0n) is 13.2. The molecule has 3 rings (SSSR count). The van der Waals surface area contributed by atoms with Crippen LogP contribution in [0, 0.1) is 5.21 Å². The highest BCUT2D eigenvalue weighted by molar-refractivity contribution is 7.13. The summed E-state index contributed by atoms with van der Waals surface area (Å²) in [5.74, 6) is 0.241. The molecule has 1 amide bonds. The SMILES string of the molecule is COc1cc(Cl)ccc1-c1nc(C(=O)NCc2cccc[n+]2[O-])cs1. The van der Waals surface area contributed by atoms with E-state index >= 15 is 0 Å². The van der Waals surface area contributed by atoms with E-state index in [-0.39, 0.29) is 18.1 Å². The second kappa shape index (κ2) is 7.50. The van der Waals surface area contributed by atoms with E-state index in [2.05, 4.69) is 10.3 Å². The monoisotopic (exact) mass is 375 g/mol. The number of carbonyl (C=O) groups is 1. The van der Waals surface area contributed by atoms with Crippen molar-refractivity contribution in [1.82, 2.24) is 10.3 Å². The number of halogens is 1. The van der Waals surface area contributed by atoms with Crippen LogP contribution in [-0.2, 0) is 6.54 Å². The third-order valence-electron chi connectivity index (χ3n) is 3.47. The second-order valence-electron chi connectivity index (χ2n) is 5.08. The maximum Gasteiger partial charge on any atom is 0.271 e. The molecule has 0 spiro atoms. The molecule has 0 fully saturated rings. The molecule has 128 valence electrons. The van der Waals surface area contributed by atoms with Crippen molar-refractivity contribution in [2.45, 2.75) is 6.54 Å². The largest absolute Gasteiger partial charge is 0.618 e. The van der Waals surface area contributed by atoms with Crippen molar-refractivity contribution >= 4 is 28.8 Å². The topological polar surface area (TPSA) is 78.2 Å². The molecular formula is C17H14ClN3O3S. The second-order valence-corrected chi connectivity index (χ2v) is 6.38. The number of hydrogen-bond acceptors (Lipinski definition) is 5. The Morgan fingerprint density at radius 1 is 1.40 bits per heavy atom. The molecule has 0 aliphatic carbocycles. The van der Waals surface area contributed by atoms with Gasteiger partial charge in [-0.15, -0.1) is 11.3 Å². The fraction of sp³-hybridized carbons (Fsp3) is 0.118. The summed E-state index contributed by atoms with van der Waals surface area (Å²) in [6.45, 7) is 0.125. The molecule has 0 bridgehead atoms. The highest BCUT2D eigenvalue weighted by Gasteiger charge is 2.15. The minimum Gasteiger partial charge on any atom is -0.618 e. The number of methoxy groups -OCH3 is 1. The van der Waals surface area contributed by atoms with Gasteiger partial charge in [-0.05, 0) is 24.3 Å². The summed E-state index contributed by atoms with van der Waals surface area (Å²) < 4.78 is 6.03. The molecular weight excluding hydrogens is 362 g/mol. The van der Waals surface area contributed by atoms with Crippen LogP contribution in [0.15, 0.2) is 48.0 Å². The molecule has 2 aromatic heterocycles. The standard InChI is InChI=1S/C17H14ClN3O3S/c1-24-15-8-11(18)5-6-13(15)17-20-14(10-25-17)16(22)19-9-12-4-2-3-7-21(12)23/h2-8,10H,9H2,1H3,(H,19,22). The number of aromatic nitrogens is 2. The first-order valence-corrected chi connectivity index (χ1v) is 8.59. The van der Waals surface area contributed by atoms with Crippen LogP contribution in [0.25, 0.3) is 10.6 Å². The molecule has 3 aromatic rings. The van der Waals surface area contributed by atoms with Gasteiger partial charge in [0.05, 0.1) is 12.7 Å². The van der Waals surface area contributed by atoms with Crippen molar-refractivity contribution in [2.75, 3.05) is 7.11 Å². The van der Waals surface area contributed by atoms with Crippen molar-refractivity contribution in [3.63, 3.8) is 0 Å². The smallest absolute Gasteiger partial charge is 0.271 e. The molecule has 0 aliphatic rings. The summed E-state index contributed by atoms with van der Waals surface area (Å²) >= 11 is 7.29. The van der Waals surface area contributed by atoms with E-state index in [1.165, 1.54) is 17.5 Å². The molecule has 2 heterocycles. The molecule has 1 aromatic carbocycles. The number of pyridine rings is 1. The molecule has 0 unspecified atom stereocenters. The van der Waals surface area contributed by atoms with Gasteiger partial charge in [-0.1, -0.05) is 11.6 Å². The Balaban J connectivity index is 1.75. The van der Waals surface area contributed by atoms with E-state index in [0.29, 0.717) is 26.2 Å². The zero-order chi connectivity index (χ0) is 17.8. The number of nitrogens with zero attached hydrogens (tertiary/aromatic N) is 2. The first-order valence-electron chi connectivity index (χ1n) is 7.33. The number of hydrogen-bond donors (Lipinski definition) is 1. The van der Waals surface area contributed by atoms with Crippen LogP contribution in [0.1, 0.15) is 16.2 Å². The molecule has 0 atom stereocenters. The fourth-order valence-electron chi connectivity index (χ4n) is 2.21. The Morgan fingerprint density at radius 2 is 2.24 bits per heavy atom. The lowest BCUT2D eigenvalue weighted by Gasteiger charge is -2.06. The van der Waals surface area contributed by atoms with E-state index in [4.69, 9.17) is 16.3 Å². The number of ether oxygens (including phenoxy) is 1. The van der Waals surface area contributed by atoms with Crippen molar-refractivity contribution in [2.24, 2.45) is 0 Å². The number of amides is 1. The highest BCUT2D eigenvalue weighted by Crippen LogP contribution is 2.34. The Hall–Kier alpha value is -2.64. The molecule has 6 nitrogen and oxygen atoms in total. The Labute approximate surface area is 153 Å². The summed E-state index contributed by atoms with van der Waals surface area (Å²) in [6.07, 6.45) is 1.38. The molecule has 0 saturated heterocycles. The quantitative estimate of drug-likeness (QED) is 0.549. The van der Waals surface area contributed by atoms with Gasteiger partial charge in [-0.2, -0.15) is 4.73 Å². The van der Waals surface area contributed by atoms with Crippen LogP contribution in [-0.4, -0.2) is 18.0 Å². The number of nitrogens with one attached hydrogen (secondary N) is 1. The number of benzene rings is 1. The third kappa shape index (κ3) is 3.89. The van der Waals surface area contributed by atoms with E-state index in [1.807, 2.05) is 0 Å². The van der Waals surface area contributed by atoms with Gasteiger partial charge >= 0.3 is 0 Å². The zero-order valence-corrected chi connectivity index (χ0v) is 14.8. The minimum atomic E-state index is -0.348. The number of thiazole rings is 1. The summed E-state index contributed by atoms with van der Waals surface area (Å²) in [4.78, 5) is 16.6. The number of rotatable bonds is 5. The fourth-order valence-corrected chi connectivity index (χ4v) is 3.20. The summed E-state index contributed by atoms with van der Waals surface area (Å²) in [5.41, 5.74) is 1.49. The van der Waals surface area contributed by atoms with Gasteiger partial charge in [0.15, 0.2) is 6.20 Å². The molecule has 0 radical (unpaired) electrons. The summed E-state index contributed by atoms with van der Waals surface area (Å²) in [5, 5.41) is 17.1. The normalized spacial score (nSPS) is 10.5. The van der Waals surface area contributed by atoms with Crippen molar-refractivity contribution < 1.29 is 14.3 Å². The lowest BCUT2D eigenvalue weighted by Crippen LogP contribution is -2.35. The van der Waals surface area contributed by atoms with Crippen LogP contribution in [0.2, 0.25) is 5.02 Å². The van der Waals surface area contributed by atoms with Crippen LogP contribution in [0.5, 0.6) is 5.75 Å². The Kier molecular flexibility index (Phi) is 5.16. The lowest BCUT2D eigenvalue weighted by molar-refractivity contribution is -0.614. The van der Waals surface area contributed by atoms with Crippen LogP contribution >= 0.6 is 22.9 Å². The molecule has 0 saturated carbocycles.